The Morgan fingerprint density at radius 1 is 0.885 bits per heavy atom. The first-order valence-electron chi connectivity index (χ1n) is 8.01. The van der Waals surface area contributed by atoms with E-state index < -0.39 is 11.4 Å². The molecule has 0 saturated carbocycles. The number of esters is 1. The van der Waals surface area contributed by atoms with Crippen LogP contribution in [0.2, 0.25) is 10.0 Å². The van der Waals surface area contributed by atoms with E-state index >= 15 is 0 Å². The molecule has 1 heterocycles. The maximum atomic E-state index is 13.2. The summed E-state index contributed by atoms with van der Waals surface area (Å²) in [6, 6.07) is 17.4. The fraction of sp³-hybridized carbons (Fsp3) is 0.0952. The monoisotopic (exact) mass is 384 g/mol. The van der Waals surface area contributed by atoms with E-state index in [2.05, 4.69) is 0 Å². The minimum Gasteiger partial charge on any atom is -0.508 e. The van der Waals surface area contributed by atoms with Gasteiger partial charge in [-0.1, -0.05) is 47.5 Å². The molecule has 3 nitrogen and oxygen atoms in total. The zero-order valence-corrected chi connectivity index (χ0v) is 15.3. The zero-order valence-electron chi connectivity index (χ0n) is 13.8. The van der Waals surface area contributed by atoms with Crippen molar-refractivity contribution in [2.75, 3.05) is 0 Å². The predicted octanol–water partition coefficient (Wildman–Crippen LogP) is 5.26. The summed E-state index contributed by atoms with van der Waals surface area (Å²) < 4.78 is 5.59. The molecule has 3 aromatic carbocycles. The molecule has 0 radical (unpaired) electrons. The van der Waals surface area contributed by atoms with Crippen LogP contribution in [0, 0.1) is 6.92 Å². The van der Waals surface area contributed by atoms with E-state index in [1.54, 1.807) is 30.3 Å². The van der Waals surface area contributed by atoms with Gasteiger partial charge in [0.15, 0.2) is 0 Å². The molecule has 26 heavy (non-hydrogen) atoms. The van der Waals surface area contributed by atoms with Crippen LogP contribution in [-0.2, 0) is 10.2 Å². The molecule has 1 aliphatic rings. The number of rotatable bonds is 2. The number of aryl methyl sites for hydroxylation is 1. The Balaban J connectivity index is 2.10. The summed E-state index contributed by atoms with van der Waals surface area (Å²) in [6.07, 6.45) is 0. The van der Waals surface area contributed by atoms with E-state index in [1.165, 1.54) is 6.07 Å². The number of halogens is 2. The SMILES string of the molecule is Cc1cc(O)cc2c1C(c1ccc(Cl)cc1)(c1ccc(Cl)cc1)C(=O)O2. The molecular weight excluding hydrogens is 371 g/mol. The highest BCUT2D eigenvalue weighted by Gasteiger charge is 2.53. The Hall–Kier alpha value is -2.49. The maximum Gasteiger partial charge on any atom is 0.331 e. The first-order chi connectivity index (χ1) is 12.4. The second-order valence-electron chi connectivity index (χ2n) is 6.29. The minimum atomic E-state index is -1.15. The number of benzene rings is 3. The molecule has 0 aliphatic carbocycles. The molecule has 130 valence electrons. The highest BCUT2D eigenvalue weighted by molar-refractivity contribution is 6.30. The maximum absolute atomic E-state index is 13.2. The normalized spacial score (nSPS) is 14.8. The number of hydrogen-bond acceptors (Lipinski definition) is 3. The number of aromatic hydroxyl groups is 1. The molecule has 4 rings (SSSR count). The Labute approximate surface area is 160 Å². The summed E-state index contributed by atoms with van der Waals surface area (Å²) >= 11 is 12.1. The standard InChI is InChI=1S/C21H14Cl2O3/c1-12-10-17(24)11-18-19(12)21(20(25)26-18,13-2-6-15(22)7-3-13)14-4-8-16(23)9-5-14/h2-11,24H,1H3. The number of carbonyl (C=O) groups excluding carboxylic acids is 1. The molecule has 0 bridgehead atoms. The summed E-state index contributed by atoms with van der Waals surface area (Å²) in [4.78, 5) is 13.2. The van der Waals surface area contributed by atoms with E-state index in [-0.39, 0.29) is 5.75 Å². The Morgan fingerprint density at radius 2 is 1.38 bits per heavy atom. The molecule has 0 unspecified atom stereocenters. The van der Waals surface area contributed by atoms with Crippen LogP contribution in [0.4, 0.5) is 0 Å². The molecule has 0 aromatic heterocycles. The fourth-order valence-corrected chi connectivity index (χ4v) is 3.92. The lowest BCUT2D eigenvalue weighted by molar-refractivity contribution is -0.135. The van der Waals surface area contributed by atoms with Gasteiger partial charge in [0.25, 0.3) is 0 Å². The van der Waals surface area contributed by atoms with E-state index in [1.807, 2.05) is 31.2 Å². The molecule has 0 saturated heterocycles. The van der Waals surface area contributed by atoms with Gasteiger partial charge < -0.3 is 9.84 Å². The van der Waals surface area contributed by atoms with E-state index in [4.69, 9.17) is 27.9 Å². The van der Waals surface area contributed by atoms with Crippen molar-refractivity contribution in [3.8, 4) is 11.5 Å². The van der Waals surface area contributed by atoms with Gasteiger partial charge in [0.2, 0.25) is 0 Å². The van der Waals surface area contributed by atoms with Crippen LogP contribution in [0.1, 0.15) is 22.3 Å². The third-order valence-corrected chi connectivity index (χ3v) is 5.23. The third-order valence-electron chi connectivity index (χ3n) is 4.72. The number of fused-ring (bicyclic) bond motifs is 1. The van der Waals surface area contributed by atoms with Gasteiger partial charge in [-0.25, -0.2) is 4.79 Å². The molecular formula is C21H14Cl2O3. The second-order valence-corrected chi connectivity index (χ2v) is 7.16. The van der Waals surface area contributed by atoms with Crippen molar-refractivity contribution >= 4 is 29.2 Å². The largest absolute Gasteiger partial charge is 0.508 e. The number of carbonyl (C=O) groups is 1. The summed E-state index contributed by atoms with van der Waals surface area (Å²) in [5.41, 5.74) is 1.80. The van der Waals surface area contributed by atoms with Gasteiger partial charge >= 0.3 is 5.97 Å². The van der Waals surface area contributed by atoms with Crippen molar-refractivity contribution < 1.29 is 14.6 Å². The Morgan fingerprint density at radius 3 is 1.88 bits per heavy atom. The third kappa shape index (κ3) is 2.39. The summed E-state index contributed by atoms with van der Waals surface area (Å²) in [6.45, 7) is 1.85. The summed E-state index contributed by atoms with van der Waals surface area (Å²) in [7, 11) is 0. The molecule has 0 fully saturated rings. The van der Waals surface area contributed by atoms with Crippen LogP contribution in [0.5, 0.6) is 11.5 Å². The van der Waals surface area contributed by atoms with Crippen LogP contribution in [0.3, 0.4) is 0 Å². The van der Waals surface area contributed by atoms with Crippen molar-refractivity contribution in [2.24, 2.45) is 0 Å². The van der Waals surface area contributed by atoms with Gasteiger partial charge in [-0.05, 0) is 53.9 Å². The smallest absolute Gasteiger partial charge is 0.331 e. The second kappa shape index (κ2) is 6.04. The lowest BCUT2D eigenvalue weighted by atomic mass is 9.69. The van der Waals surface area contributed by atoms with Gasteiger partial charge in [-0.15, -0.1) is 0 Å². The van der Waals surface area contributed by atoms with Crippen LogP contribution in [0.15, 0.2) is 60.7 Å². The topological polar surface area (TPSA) is 46.5 Å². The van der Waals surface area contributed by atoms with Crippen molar-refractivity contribution in [1.82, 2.24) is 0 Å². The van der Waals surface area contributed by atoms with Gasteiger partial charge in [0.1, 0.15) is 16.9 Å². The highest BCUT2D eigenvalue weighted by atomic mass is 35.5. The van der Waals surface area contributed by atoms with Crippen molar-refractivity contribution in [3.05, 3.63) is 93.0 Å². The van der Waals surface area contributed by atoms with Gasteiger partial charge in [0.05, 0.1) is 0 Å². The molecule has 0 amide bonds. The molecule has 1 aliphatic heterocycles. The fourth-order valence-electron chi connectivity index (χ4n) is 3.67. The van der Waals surface area contributed by atoms with Crippen molar-refractivity contribution in [2.45, 2.75) is 12.3 Å². The van der Waals surface area contributed by atoms with E-state index in [9.17, 15) is 9.90 Å². The zero-order chi connectivity index (χ0) is 18.5. The Bertz CT molecular complexity index is 963. The van der Waals surface area contributed by atoms with Gasteiger partial charge in [-0.3, -0.25) is 0 Å². The van der Waals surface area contributed by atoms with Crippen LogP contribution < -0.4 is 4.74 Å². The number of hydrogen-bond donors (Lipinski definition) is 1. The number of phenols is 1. The van der Waals surface area contributed by atoms with Crippen molar-refractivity contribution in [1.29, 1.82) is 0 Å². The molecule has 0 atom stereocenters. The lowest BCUT2D eigenvalue weighted by Gasteiger charge is -2.28. The molecule has 1 N–H and O–H groups in total. The minimum absolute atomic E-state index is 0.0528. The van der Waals surface area contributed by atoms with E-state index in [0.29, 0.717) is 21.4 Å². The number of ether oxygens (including phenoxy) is 1. The van der Waals surface area contributed by atoms with Crippen LogP contribution in [0.25, 0.3) is 0 Å². The van der Waals surface area contributed by atoms with Gasteiger partial charge in [-0.2, -0.15) is 0 Å². The first-order valence-corrected chi connectivity index (χ1v) is 8.77. The first kappa shape index (κ1) is 17.0. The van der Waals surface area contributed by atoms with Crippen LogP contribution in [-0.4, -0.2) is 11.1 Å². The molecule has 5 heteroatoms. The predicted molar refractivity (Wildman–Crippen MR) is 101 cm³/mol. The van der Waals surface area contributed by atoms with E-state index in [0.717, 1.165) is 16.7 Å². The van der Waals surface area contributed by atoms with Crippen molar-refractivity contribution in [3.63, 3.8) is 0 Å². The average Bonchev–Trinajstić information content (AvgIpc) is 2.89. The Kier molecular flexibility index (Phi) is 3.94. The summed E-state index contributed by atoms with van der Waals surface area (Å²) in [5.74, 6) is -0.0136. The summed E-state index contributed by atoms with van der Waals surface area (Å²) in [5, 5.41) is 11.1. The lowest BCUT2D eigenvalue weighted by Crippen LogP contribution is -2.36. The molecule has 3 aromatic rings. The van der Waals surface area contributed by atoms with Crippen LogP contribution >= 0.6 is 23.2 Å². The molecule has 0 spiro atoms. The van der Waals surface area contributed by atoms with Gasteiger partial charge in [0, 0.05) is 21.7 Å². The average molecular weight is 385 g/mol. The highest BCUT2D eigenvalue weighted by Crippen LogP contribution is 2.51. The number of phenolic OH excluding ortho intramolecular Hbond substituents is 1. The quantitative estimate of drug-likeness (QED) is 0.484.